The maximum absolute atomic E-state index is 12.6. The molecule has 5 rings (SSSR count). The summed E-state index contributed by atoms with van der Waals surface area (Å²) in [5.74, 6) is 5.97. The number of allylic oxidation sites excluding steroid dienone is 1. The van der Waals surface area contributed by atoms with E-state index in [1.54, 1.807) is 27.2 Å². The molecule has 3 fully saturated rings. The summed E-state index contributed by atoms with van der Waals surface area (Å²) < 4.78 is 5.94. The molecule has 1 N–H and O–H groups in total. The van der Waals surface area contributed by atoms with E-state index in [1.165, 1.54) is 51.4 Å². The largest absolute Gasteiger partial charge is 0.446 e. The Bertz CT molecular complexity index is 1050. The van der Waals surface area contributed by atoms with Gasteiger partial charge in [-0.05, 0) is 114 Å². The molecule has 4 nitrogen and oxygen atoms in total. The van der Waals surface area contributed by atoms with Crippen LogP contribution in [-0.4, -0.2) is 29.5 Å². The highest BCUT2D eigenvalue weighted by Crippen LogP contribution is 2.67. The molecule has 3 saturated carbocycles. The Morgan fingerprint density at radius 3 is 2.69 bits per heavy atom. The standard InChI is InChI=1S/C35H54N2O2S2.CH4/c1-24(2)9-8-10-25(3)29-14-15-30-28-13-12-26-23-27(16-18-34(26,4)31(28)17-19-35(29,30)5)39-33(38)37-21-22-40-41-32-11-6-7-20-36-32;/h6-7,11-12,20,24-25,27-31H,8-10,13-19,21-23H2,1-5H3,(H,37,38);1H4/t25-,27+,28+,29-,30+,31+,34+,35-;/m1./s1. The first-order valence-corrected chi connectivity index (χ1v) is 18.9. The summed E-state index contributed by atoms with van der Waals surface area (Å²) in [6.45, 7) is 13.2. The molecule has 0 bridgehead atoms. The van der Waals surface area contributed by atoms with Crippen LogP contribution in [0.15, 0.2) is 41.1 Å². The molecule has 1 aromatic rings. The average molecular weight is 615 g/mol. The Labute approximate surface area is 265 Å². The lowest BCUT2D eigenvalue weighted by Crippen LogP contribution is -2.51. The number of hydrogen-bond donors (Lipinski definition) is 1. The third-order valence-electron chi connectivity index (χ3n) is 11.8. The number of ether oxygens (including phenoxy) is 1. The van der Waals surface area contributed by atoms with Crippen molar-refractivity contribution in [1.29, 1.82) is 0 Å². The van der Waals surface area contributed by atoms with Crippen LogP contribution in [0.4, 0.5) is 4.79 Å². The second-order valence-electron chi connectivity index (χ2n) is 14.6. The van der Waals surface area contributed by atoms with Crippen LogP contribution in [0.25, 0.3) is 0 Å². The third kappa shape index (κ3) is 7.38. The maximum Gasteiger partial charge on any atom is 0.407 e. The molecular weight excluding hydrogens is 557 g/mol. The van der Waals surface area contributed by atoms with Crippen LogP contribution in [0.3, 0.4) is 0 Å². The zero-order valence-electron chi connectivity index (χ0n) is 26.2. The lowest BCUT2D eigenvalue weighted by atomic mass is 9.47. The Balaban J connectivity index is 0.00000405. The van der Waals surface area contributed by atoms with Crippen molar-refractivity contribution in [3.63, 3.8) is 0 Å². The summed E-state index contributed by atoms with van der Waals surface area (Å²) in [6.07, 6.45) is 18.4. The van der Waals surface area contributed by atoms with E-state index in [9.17, 15) is 4.79 Å². The summed E-state index contributed by atoms with van der Waals surface area (Å²) in [6, 6.07) is 5.92. The molecule has 8 atom stereocenters. The van der Waals surface area contributed by atoms with Crippen molar-refractivity contribution in [2.24, 2.45) is 46.3 Å². The second-order valence-corrected chi connectivity index (χ2v) is 17.0. The first-order chi connectivity index (χ1) is 19.7. The first kappa shape index (κ1) is 33.7. The number of nitrogens with zero attached hydrogens (tertiary/aromatic N) is 1. The summed E-state index contributed by atoms with van der Waals surface area (Å²) >= 11 is 0. The number of carbonyl (C=O) groups is 1. The number of pyridine rings is 1. The molecule has 236 valence electrons. The van der Waals surface area contributed by atoms with Gasteiger partial charge in [0.1, 0.15) is 11.1 Å². The van der Waals surface area contributed by atoms with Crippen molar-refractivity contribution in [2.45, 2.75) is 124 Å². The fourth-order valence-corrected chi connectivity index (χ4v) is 11.4. The van der Waals surface area contributed by atoms with Crippen LogP contribution in [-0.2, 0) is 4.74 Å². The Morgan fingerprint density at radius 2 is 1.93 bits per heavy atom. The molecule has 0 spiro atoms. The minimum atomic E-state index is -0.260. The van der Waals surface area contributed by atoms with Gasteiger partial charge in [0.15, 0.2) is 0 Å². The van der Waals surface area contributed by atoms with E-state index in [-0.39, 0.29) is 19.6 Å². The van der Waals surface area contributed by atoms with Gasteiger partial charge in [-0.2, -0.15) is 0 Å². The van der Waals surface area contributed by atoms with Gasteiger partial charge in [0.2, 0.25) is 0 Å². The monoisotopic (exact) mass is 614 g/mol. The van der Waals surface area contributed by atoms with Crippen LogP contribution < -0.4 is 5.32 Å². The lowest BCUT2D eigenvalue weighted by Gasteiger charge is -2.58. The van der Waals surface area contributed by atoms with Crippen LogP contribution in [0.2, 0.25) is 0 Å². The number of rotatable bonds is 11. The zero-order valence-corrected chi connectivity index (χ0v) is 27.8. The van der Waals surface area contributed by atoms with Gasteiger partial charge in [-0.25, -0.2) is 9.78 Å². The molecule has 1 aromatic heterocycles. The molecule has 6 heteroatoms. The first-order valence-electron chi connectivity index (χ1n) is 16.5. The van der Waals surface area contributed by atoms with Crippen LogP contribution in [0.1, 0.15) is 113 Å². The highest BCUT2D eigenvalue weighted by atomic mass is 33.1. The summed E-state index contributed by atoms with van der Waals surface area (Å²) in [5, 5.41) is 3.96. The summed E-state index contributed by atoms with van der Waals surface area (Å²) in [5.41, 5.74) is 2.42. The lowest BCUT2D eigenvalue weighted by molar-refractivity contribution is -0.0581. The molecule has 1 heterocycles. The molecular formula is C36H58N2O2S2. The Kier molecular flexibility index (Phi) is 11.9. The van der Waals surface area contributed by atoms with Crippen molar-refractivity contribution in [3.05, 3.63) is 36.0 Å². The number of hydrogen-bond acceptors (Lipinski definition) is 5. The van der Waals surface area contributed by atoms with E-state index in [0.29, 0.717) is 17.4 Å². The van der Waals surface area contributed by atoms with Crippen molar-refractivity contribution < 1.29 is 9.53 Å². The summed E-state index contributed by atoms with van der Waals surface area (Å²) in [7, 11) is 3.35. The predicted molar refractivity (Wildman–Crippen MR) is 181 cm³/mol. The minimum absolute atomic E-state index is 0. The smallest absolute Gasteiger partial charge is 0.407 e. The van der Waals surface area contributed by atoms with E-state index in [4.69, 9.17) is 4.74 Å². The number of carbonyl (C=O) groups excluding carboxylic acids is 1. The quantitative estimate of drug-likeness (QED) is 0.153. The number of nitrogens with one attached hydrogen (secondary N) is 1. The fraction of sp³-hybridized carbons (Fsp3) is 0.778. The normalized spacial score (nSPS) is 34.3. The van der Waals surface area contributed by atoms with E-state index < -0.39 is 0 Å². The highest BCUT2D eigenvalue weighted by Gasteiger charge is 2.59. The van der Waals surface area contributed by atoms with Gasteiger partial charge >= 0.3 is 6.09 Å². The number of alkyl carbamates (subject to hydrolysis) is 1. The van der Waals surface area contributed by atoms with Crippen LogP contribution >= 0.6 is 21.6 Å². The van der Waals surface area contributed by atoms with Crippen LogP contribution in [0.5, 0.6) is 0 Å². The fourth-order valence-electron chi connectivity index (χ4n) is 9.64. The number of amides is 1. The van der Waals surface area contributed by atoms with Crippen molar-refractivity contribution in [3.8, 4) is 0 Å². The number of aromatic nitrogens is 1. The maximum atomic E-state index is 12.6. The molecule has 0 saturated heterocycles. The molecule has 0 aliphatic heterocycles. The zero-order chi connectivity index (χ0) is 29.0. The highest BCUT2D eigenvalue weighted by molar-refractivity contribution is 8.76. The van der Waals surface area contributed by atoms with Crippen molar-refractivity contribution in [2.75, 3.05) is 12.3 Å². The minimum Gasteiger partial charge on any atom is -0.446 e. The average Bonchev–Trinajstić information content (AvgIpc) is 3.31. The van der Waals surface area contributed by atoms with Gasteiger partial charge in [-0.3, -0.25) is 0 Å². The van der Waals surface area contributed by atoms with Gasteiger partial charge in [-0.1, -0.05) is 89.8 Å². The topological polar surface area (TPSA) is 51.2 Å². The predicted octanol–water partition coefficient (Wildman–Crippen LogP) is 10.6. The molecule has 0 radical (unpaired) electrons. The summed E-state index contributed by atoms with van der Waals surface area (Å²) in [4.78, 5) is 16.9. The van der Waals surface area contributed by atoms with Crippen molar-refractivity contribution in [1.82, 2.24) is 10.3 Å². The van der Waals surface area contributed by atoms with E-state index in [2.05, 4.69) is 51.0 Å². The Hall–Kier alpha value is -1.14. The van der Waals surface area contributed by atoms with Crippen LogP contribution in [0, 0.1) is 46.3 Å². The van der Waals surface area contributed by atoms with Gasteiger partial charge in [0.25, 0.3) is 0 Å². The van der Waals surface area contributed by atoms with E-state index >= 15 is 0 Å². The van der Waals surface area contributed by atoms with E-state index in [1.807, 2.05) is 24.4 Å². The molecule has 0 aromatic carbocycles. The molecule has 0 unspecified atom stereocenters. The second kappa shape index (κ2) is 14.8. The third-order valence-corrected chi connectivity index (χ3v) is 14.0. The SMILES string of the molecule is C.CC(C)CCC[C@@H](C)[C@H]1CC[C@H]2[C@@H]3CC=C4C[C@@H](OC(=O)NCCSSc5ccccn5)CC[C@]4(C)[C@H]3CC[C@]12C. The van der Waals surface area contributed by atoms with E-state index in [0.717, 1.165) is 65.5 Å². The molecule has 1 amide bonds. The van der Waals surface area contributed by atoms with Gasteiger partial charge in [0.05, 0.1) is 0 Å². The van der Waals surface area contributed by atoms with Gasteiger partial charge in [-0.15, -0.1) is 0 Å². The Morgan fingerprint density at radius 1 is 1.10 bits per heavy atom. The molecule has 4 aliphatic carbocycles. The molecule has 42 heavy (non-hydrogen) atoms. The van der Waals surface area contributed by atoms with Gasteiger partial charge < -0.3 is 10.1 Å². The van der Waals surface area contributed by atoms with Gasteiger partial charge in [0, 0.05) is 24.9 Å². The number of fused-ring (bicyclic) bond motifs is 5. The molecule has 4 aliphatic rings. The van der Waals surface area contributed by atoms with Crippen molar-refractivity contribution >= 4 is 27.7 Å².